The van der Waals surface area contributed by atoms with Crippen LogP contribution in [0.2, 0.25) is 0 Å². The van der Waals surface area contributed by atoms with Crippen molar-refractivity contribution in [3.05, 3.63) is 53.9 Å². The lowest BCUT2D eigenvalue weighted by atomic mass is 9.59. The van der Waals surface area contributed by atoms with Crippen LogP contribution in [0.3, 0.4) is 0 Å². The molecule has 2 unspecified atom stereocenters. The van der Waals surface area contributed by atoms with Crippen molar-refractivity contribution in [2.45, 2.75) is 64.5 Å². The fourth-order valence-corrected chi connectivity index (χ4v) is 4.89. The summed E-state index contributed by atoms with van der Waals surface area (Å²) in [4.78, 5) is 18.9. The standard InChI is InChI=1S/C24H30N2O2/c1-16-21-15-19-7-6-18(17-8-11-25-12-9-17)14-20(19)24(16,5)10-13-26(21)22(27)28-23(2,3)4/h6-9,11-12,14,16,21H,10,13,15H2,1-5H3/t16?,21?,24-/m1/s1. The second kappa shape index (κ2) is 6.61. The summed E-state index contributed by atoms with van der Waals surface area (Å²) >= 11 is 0. The van der Waals surface area contributed by atoms with E-state index in [2.05, 4.69) is 49.2 Å². The average Bonchev–Trinajstić information content (AvgIpc) is 2.63. The molecule has 0 saturated carbocycles. The van der Waals surface area contributed by atoms with E-state index in [1.807, 2.05) is 38.1 Å². The number of likely N-dealkylation sites (tertiary alicyclic amines) is 1. The number of rotatable bonds is 1. The Balaban J connectivity index is 1.69. The lowest BCUT2D eigenvalue weighted by molar-refractivity contribution is -0.0164. The average molecular weight is 379 g/mol. The Kier molecular flexibility index (Phi) is 4.48. The highest BCUT2D eigenvalue weighted by Crippen LogP contribution is 2.49. The van der Waals surface area contributed by atoms with Gasteiger partial charge in [-0.15, -0.1) is 0 Å². The van der Waals surface area contributed by atoms with Crippen LogP contribution in [0.4, 0.5) is 4.79 Å². The van der Waals surface area contributed by atoms with Crippen molar-refractivity contribution in [1.29, 1.82) is 0 Å². The number of hydrogen-bond donors (Lipinski definition) is 0. The minimum absolute atomic E-state index is 0.0692. The van der Waals surface area contributed by atoms with Crippen LogP contribution in [-0.4, -0.2) is 34.2 Å². The summed E-state index contributed by atoms with van der Waals surface area (Å²) in [5.74, 6) is 0.383. The first-order valence-electron chi connectivity index (χ1n) is 10.2. The van der Waals surface area contributed by atoms with Gasteiger partial charge in [0.1, 0.15) is 5.60 Å². The first-order chi connectivity index (χ1) is 13.2. The quantitative estimate of drug-likeness (QED) is 0.684. The molecule has 1 fully saturated rings. The first kappa shape index (κ1) is 19.0. The largest absolute Gasteiger partial charge is 0.444 e. The van der Waals surface area contributed by atoms with Crippen LogP contribution >= 0.6 is 0 Å². The molecule has 1 aromatic heterocycles. The fourth-order valence-electron chi connectivity index (χ4n) is 4.89. The molecule has 148 valence electrons. The Morgan fingerprint density at radius 1 is 1.18 bits per heavy atom. The summed E-state index contributed by atoms with van der Waals surface area (Å²) in [6.45, 7) is 11.2. The normalized spacial score (nSPS) is 26.5. The zero-order chi connectivity index (χ0) is 20.1. The maximum Gasteiger partial charge on any atom is 0.410 e. The second-order valence-electron chi connectivity index (χ2n) is 9.51. The van der Waals surface area contributed by atoms with Gasteiger partial charge in [0, 0.05) is 25.0 Å². The number of carbonyl (C=O) groups is 1. The Labute approximate surface area is 167 Å². The van der Waals surface area contributed by atoms with E-state index in [0.717, 1.165) is 19.4 Å². The maximum atomic E-state index is 12.8. The second-order valence-corrected chi connectivity index (χ2v) is 9.51. The highest BCUT2D eigenvalue weighted by molar-refractivity contribution is 5.70. The monoisotopic (exact) mass is 378 g/mol. The van der Waals surface area contributed by atoms with Crippen LogP contribution in [0.5, 0.6) is 0 Å². The minimum atomic E-state index is -0.465. The molecule has 2 aromatic rings. The summed E-state index contributed by atoms with van der Waals surface area (Å²) in [5, 5.41) is 0. The van der Waals surface area contributed by atoms with Crippen LogP contribution in [-0.2, 0) is 16.6 Å². The van der Waals surface area contributed by atoms with Crippen LogP contribution in [0.25, 0.3) is 11.1 Å². The van der Waals surface area contributed by atoms with Crippen molar-refractivity contribution in [2.24, 2.45) is 5.92 Å². The Morgan fingerprint density at radius 2 is 1.89 bits per heavy atom. The van der Waals surface area contributed by atoms with Gasteiger partial charge < -0.3 is 9.64 Å². The topological polar surface area (TPSA) is 42.4 Å². The van der Waals surface area contributed by atoms with Crippen LogP contribution < -0.4 is 0 Å². The van der Waals surface area contributed by atoms with Crippen molar-refractivity contribution in [1.82, 2.24) is 9.88 Å². The van der Waals surface area contributed by atoms with Crippen LogP contribution in [0.15, 0.2) is 42.7 Å². The van der Waals surface area contributed by atoms with E-state index in [1.54, 1.807) is 0 Å². The van der Waals surface area contributed by atoms with Crippen molar-refractivity contribution in [3.8, 4) is 11.1 Å². The molecular formula is C24H30N2O2. The van der Waals surface area contributed by atoms with E-state index in [4.69, 9.17) is 4.74 Å². The molecule has 2 bridgehead atoms. The van der Waals surface area contributed by atoms with Gasteiger partial charge in [-0.3, -0.25) is 4.98 Å². The van der Waals surface area contributed by atoms with Crippen LogP contribution in [0.1, 0.15) is 52.2 Å². The molecule has 1 aromatic carbocycles. The Bertz CT molecular complexity index is 887. The molecule has 28 heavy (non-hydrogen) atoms. The third-order valence-corrected chi connectivity index (χ3v) is 6.65. The summed E-state index contributed by atoms with van der Waals surface area (Å²) < 4.78 is 5.70. The minimum Gasteiger partial charge on any atom is -0.444 e. The van der Waals surface area contributed by atoms with Crippen molar-refractivity contribution < 1.29 is 9.53 Å². The summed E-state index contributed by atoms with van der Waals surface area (Å²) in [5.41, 5.74) is 4.84. The number of ether oxygens (including phenoxy) is 1. The molecule has 4 heteroatoms. The fraction of sp³-hybridized carbons (Fsp3) is 0.500. The molecule has 1 aliphatic heterocycles. The molecule has 4 nitrogen and oxygen atoms in total. The predicted octanol–water partition coefficient (Wildman–Crippen LogP) is 5.21. The smallest absolute Gasteiger partial charge is 0.410 e. The van der Waals surface area contributed by atoms with E-state index in [-0.39, 0.29) is 17.6 Å². The third kappa shape index (κ3) is 3.19. The number of piperidine rings is 1. The molecule has 0 spiro atoms. The van der Waals surface area contributed by atoms with E-state index < -0.39 is 5.60 Å². The number of pyridine rings is 1. The van der Waals surface area contributed by atoms with Gasteiger partial charge in [-0.25, -0.2) is 4.79 Å². The zero-order valence-electron chi connectivity index (χ0n) is 17.5. The summed E-state index contributed by atoms with van der Waals surface area (Å²) in [7, 11) is 0. The van der Waals surface area contributed by atoms with Gasteiger partial charge in [-0.05, 0) is 79.3 Å². The van der Waals surface area contributed by atoms with Gasteiger partial charge in [-0.1, -0.05) is 32.0 Å². The van der Waals surface area contributed by atoms with Crippen molar-refractivity contribution >= 4 is 6.09 Å². The van der Waals surface area contributed by atoms with Gasteiger partial charge in [0.05, 0.1) is 0 Å². The number of carbonyl (C=O) groups excluding carboxylic acids is 1. The number of benzene rings is 1. The summed E-state index contributed by atoms with van der Waals surface area (Å²) in [6, 6.07) is 11.1. The highest BCUT2D eigenvalue weighted by Gasteiger charge is 2.50. The van der Waals surface area contributed by atoms with Crippen molar-refractivity contribution in [3.63, 3.8) is 0 Å². The van der Waals surface area contributed by atoms with Gasteiger partial charge in [0.15, 0.2) is 0 Å². The molecule has 2 heterocycles. The SMILES string of the molecule is CC1C2Cc3ccc(-c4ccncc4)cc3[C@]1(C)CCN2C(=O)OC(C)(C)C. The van der Waals surface area contributed by atoms with E-state index >= 15 is 0 Å². The third-order valence-electron chi connectivity index (χ3n) is 6.65. The number of hydrogen-bond acceptors (Lipinski definition) is 3. The molecular weight excluding hydrogens is 348 g/mol. The number of aromatic nitrogens is 1. The number of amides is 1. The molecule has 0 radical (unpaired) electrons. The van der Waals surface area contributed by atoms with Crippen LogP contribution in [0, 0.1) is 5.92 Å². The van der Waals surface area contributed by atoms with Gasteiger partial charge >= 0.3 is 6.09 Å². The zero-order valence-corrected chi connectivity index (χ0v) is 17.5. The predicted molar refractivity (Wildman–Crippen MR) is 111 cm³/mol. The lowest BCUT2D eigenvalue weighted by Crippen LogP contribution is -2.60. The molecule has 1 saturated heterocycles. The van der Waals surface area contributed by atoms with Crippen molar-refractivity contribution in [2.75, 3.05) is 6.54 Å². The Morgan fingerprint density at radius 3 is 2.57 bits per heavy atom. The van der Waals surface area contributed by atoms with E-state index in [9.17, 15) is 4.79 Å². The number of fused-ring (bicyclic) bond motifs is 4. The van der Waals surface area contributed by atoms with E-state index in [1.165, 1.54) is 22.3 Å². The first-order valence-corrected chi connectivity index (χ1v) is 10.2. The molecule has 1 amide bonds. The van der Waals surface area contributed by atoms with Gasteiger partial charge in [-0.2, -0.15) is 0 Å². The summed E-state index contributed by atoms with van der Waals surface area (Å²) in [6.07, 6.45) is 5.35. The molecule has 2 aliphatic rings. The molecule has 1 aliphatic carbocycles. The van der Waals surface area contributed by atoms with E-state index in [0.29, 0.717) is 5.92 Å². The molecule has 3 atom stereocenters. The molecule has 0 N–H and O–H groups in total. The highest BCUT2D eigenvalue weighted by atomic mass is 16.6. The lowest BCUT2D eigenvalue weighted by Gasteiger charge is -2.54. The molecule has 4 rings (SSSR count). The van der Waals surface area contributed by atoms with Gasteiger partial charge in [0.25, 0.3) is 0 Å². The Hall–Kier alpha value is -2.36. The maximum absolute atomic E-state index is 12.8. The number of nitrogens with zero attached hydrogens (tertiary/aromatic N) is 2. The van der Waals surface area contributed by atoms with Gasteiger partial charge in [0.2, 0.25) is 0 Å².